The number of pyridine rings is 1. The van der Waals surface area contributed by atoms with E-state index in [2.05, 4.69) is 9.88 Å². The van der Waals surface area contributed by atoms with E-state index in [0.29, 0.717) is 5.41 Å². The summed E-state index contributed by atoms with van der Waals surface area (Å²) in [4.78, 5) is 6.55. The Morgan fingerprint density at radius 3 is 2.53 bits per heavy atom. The molecule has 1 spiro atoms. The second kappa shape index (κ2) is 4.83. The van der Waals surface area contributed by atoms with E-state index in [9.17, 15) is 0 Å². The predicted molar refractivity (Wildman–Crippen MR) is 77.6 cm³/mol. The molecule has 1 aromatic rings. The van der Waals surface area contributed by atoms with Gasteiger partial charge in [-0.1, -0.05) is 12.8 Å². The van der Waals surface area contributed by atoms with Crippen molar-refractivity contribution in [2.45, 2.75) is 38.5 Å². The number of rotatable bonds is 2. The summed E-state index contributed by atoms with van der Waals surface area (Å²) in [5, 5.41) is 7.68. The van der Waals surface area contributed by atoms with Crippen LogP contribution < -0.4 is 10.6 Å². The van der Waals surface area contributed by atoms with Crippen LogP contribution in [0.5, 0.6) is 0 Å². The molecule has 0 radical (unpaired) electrons. The van der Waals surface area contributed by atoms with Gasteiger partial charge in [0.25, 0.3) is 0 Å². The van der Waals surface area contributed by atoms with Crippen molar-refractivity contribution in [2.24, 2.45) is 11.1 Å². The highest BCUT2D eigenvalue weighted by Gasteiger charge is 2.37. The first-order valence-corrected chi connectivity index (χ1v) is 7.24. The van der Waals surface area contributed by atoms with Crippen LogP contribution in [0.1, 0.15) is 44.1 Å². The fourth-order valence-electron chi connectivity index (χ4n) is 3.71. The summed E-state index contributed by atoms with van der Waals surface area (Å²) in [7, 11) is 0. The lowest BCUT2D eigenvalue weighted by atomic mass is 9.77. The van der Waals surface area contributed by atoms with Crippen LogP contribution in [0.15, 0.2) is 18.5 Å². The van der Waals surface area contributed by atoms with Crippen molar-refractivity contribution in [3.8, 4) is 0 Å². The molecule has 2 fully saturated rings. The lowest BCUT2D eigenvalue weighted by Gasteiger charge is -2.40. The summed E-state index contributed by atoms with van der Waals surface area (Å²) in [6.45, 7) is 2.15. The van der Waals surface area contributed by atoms with Crippen molar-refractivity contribution in [3.63, 3.8) is 0 Å². The van der Waals surface area contributed by atoms with E-state index in [0.717, 1.165) is 24.3 Å². The quantitative estimate of drug-likeness (QED) is 0.633. The molecule has 3 rings (SSSR count). The zero-order valence-electron chi connectivity index (χ0n) is 11.4. The molecule has 0 amide bonds. The normalized spacial score (nSPS) is 21.8. The van der Waals surface area contributed by atoms with E-state index in [-0.39, 0.29) is 5.84 Å². The van der Waals surface area contributed by atoms with Crippen molar-refractivity contribution in [1.82, 2.24) is 4.98 Å². The van der Waals surface area contributed by atoms with Crippen LogP contribution >= 0.6 is 0 Å². The van der Waals surface area contributed by atoms with Gasteiger partial charge in [0.1, 0.15) is 5.84 Å². The van der Waals surface area contributed by atoms with Crippen LogP contribution in [0.4, 0.5) is 5.69 Å². The van der Waals surface area contributed by atoms with Crippen molar-refractivity contribution < 1.29 is 0 Å². The first-order valence-electron chi connectivity index (χ1n) is 7.24. The van der Waals surface area contributed by atoms with E-state index in [4.69, 9.17) is 11.1 Å². The molecule has 1 aliphatic carbocycles. The highest BCUT2D eigenvalue weighted by atomic mass is 15.1. The number of hydrogen-bond donors (Lipinski definition) is 2. The molecule has 102 valence electrons. The number of nitrogens with two attached hydrogens (primary N) is 1. The molecule has 4 heteroatoms. The number of anilines is 1. The highest BCUT2D eigenvalue weighted by molar-refractivity contribution is 6.00. The number of piperidine rings is 1. The van der Waals surface area contributed by atoms with E-state index in [1.165, 1.54) is 38.5 Å². The molecule has 0 aromatic carbocycles. The van der Waals surface area contributed by atoms with Gasteiger partial charge < -0.3 is 10.6 Å². The molecule has 1 aromatic heterocycles. The maximum absolute atomic E-state index is 7.68. The lowest BCUT2D eigenvalue weighted by molar-refractivity contribution is 0.226. The maximum atomic E-state index is 7.68. The van der Waals surface area contributed by atoms with Gasteiger partial charge in [-0.05, 0) is 37.2 Å². The van der Waals surface area contributed by atoms with Gasteiger partial charge >= 0.3 is 0 Å². The van der Waals surface area contributed by atoms with Gasteiger partial charge in [-0.2, -0.15) is 0 Å². The summed E-state index contributed by atoms with van der Waals surface area (Å²) < 4.78 is 0. The lowest BCUT2D eigenvalue weighted by Crippen LogP contribution is -2.39. The predicted octanol–water partition coefficient (Wildman–Crippen LogP) is 2.53. The number of nitrogen functional groups attached to an aromatic ring is 1. The molecule has 0 unspecified atom stereocenters. The molecule has 19 heavy (non-hydrogen) atoms. The number of amidine groups is 1. The third-order valence-electron chi connectivity index (χ3n) is 4.92. The van der Waals surface area contributed by atoms with Crippen LogP contribution in [0.2, 0.25) is 0 Å². The highest BCUT2D eigenvalue weighted by Crippen LogP contribution is 2.46. The van der Waals surface area contributed by atoms with Gasteiger partial charge in [0.15, 0.2) is 0 Å². The Morgan fingerprint density at radius 1 is 1.21 bits per heavy atom. The van der Waals surface area contributed by atoms with E-state index >= 15 is 0 Å². The zero-order chi connectivity index (χ0) is 13.3. The summed E-state index contributed by atoms with van der Waals surface area (Å²) in [5.74, 6) is 0.138. The Kier molecular flexibility index (Phi) is 3.17. The second-order valence-electron chi connectivity index (χ2n) is 6.00. The van der Waals surface area contributed by atoms with E-state index < -0.39 is 0 Å². The monoisotopic (exact) mass is 258 g/mol. The van der Waals surface area contributed by atoms with Gasteiger partial charge in [0.2, 0.25) is 0 Å². The molecule has 1 saturated carbocycles. The van der Waals surface area contributed by atoms with Crippen molar-refractivity contribution in [1.29, 1.82) is 5.41 Å². The molecule has 0 atom stereocenters. The van der Waals surface area contributed by atoms with Crippen LogP contribution in [-0.4, -0.2) is 23.9 Å². The molecular weight excluding hydrogens is 236 g/mol. The number of nitrogens with zero attached hydrogens (tertiary/aromatic N) is 2. The molecular formula is C15H22N4. The molecule has 1 aliphatic heterocycles. The van der Waals surface area contributed by atoms with Crippen molar-refractivity contribution >= 4 is 11.5 Å². The van der Waals surface area contributed by atoms with E-state index in [1.807, 2.05) is 12.3 Å². The minimum atomic E-state index is 0.138. The Balaban J connectivity index is 1.76. The summed E-state index contributed by atoms with van der Waals surface area (Å²) in [6.07, 6.45) is 11.8. The largest absolute Gasteiger partial charge is 0.384 e. The van der Waals surface area contributed by atoms with Crippen molar-refractivity contribution in [2.75, 3.05) is 18.0 Å². The first kappa shape index (κ1) is 12.5. The van der Waals surface area contributed by atoms with Gasteiger partial charge in [-0.15, -0.1) is 0 Å². The molecule has 0 bridgehead atoms. The smallest absolute Gasteiger partial charge is 0.125 e. The summed E-state index contributed by atoms with van der Waals surface area (Å²) in [5.41, 5.74) is 8.13. The molecule has 4 nitrogen and oxygen atoms in total. The van der Waals surface area contributed by atoms with Gasteiger partial charge in [-0.3, -0.25) is 10.4 Å². The average Bonchev–Trinajstić information content (AvgIpc) is 2.88. The van der Waals surface area contributed by atoms with Crippen LogP contribution in [-0.2, 0) is 0 Å². The molecule has 1 saturated heterocycles. The SMILES string of the molecule is N=C(N)c1ccncc1N1CCC2(CCCC2)CC1. The fourth-order valence-corrected chi connectivity index (χ4v) is 3.71. The Bertz CT molecular complexity index is 467. The number of aromatic nitrogens is 1. The minimum Gasteiger partial charge on any atom is -0.384 e. The fraction of sp³-hybridized carbons (Fsp3) is 0.600. The number of hydrogen-bond acceptors (Lipinski definition) is 3. The van der Waals surface area contributed by atoms with Crippen LogP contribution in [0.25, 0.3) is 0 Å². The number of nitrogens with one attached hydrogen (secondary N) is 1. The average molecular weight is 258 g/mol. The topological polar surface area (TPSA) is 66.0 Å². The zero-order valence-corrected chi connectivity index (χ0v) is 11.4. The maximum Gasteiger partial charge on any atom is 0.125 e. The van der Waals surface area contributed by atoms with Gasteiger partial charge in [-0.25, -0.2) is 0 Å². The van der Waals surface area contributed by atoms with Crippen LogP contribution in [0.3, 0.4) is 0 Å². The van der Waals surface area contributed by atoms with Crippen LogP contribution in [0, 0.1) is 10.8 Å². The van der Waals surface area contributed by atoms with Gasteiger partial charge in [0, 0.05) is 24.8 Å². The third kappa shape index (κ3) is 2.31. The second-order valence-corrected chi connectivity index (χ2v) is 6.00. The molecule has 3 N–H and O–H groups in total. The Morgan fingerprint density at radius 2 is 1.89 bits per heavy atom. The van der Waals surface area contributed by atoms with Crippen molar-refractivity contribution in [3.05, 3.63) is 24.0 Å². The Hall–Kier alpha value is -1.58. The molecule has 2 heterocycles. The van der Waals surface area contributed by atoms with E-state index in [1.54, 1.807) is 6.20 Å². The summed E-state index contributed by atoms with van der Waals surface area (Å²) in [6, 6.07) is 1.84. The first-order chi connectivity index (χ1) is 9.20. The minimum absolute atomic E-state index is 0.138. The third-order valence-corrected chi connectivity index (χ3v) is 4.92. The summed E-state index contributed by atoms with van der Waals surface area (Å²) >= 11 is 0. The Labute approximate surface area is 114 Å². The standard InChI is InChI=1S/C15H22N4/c16-14(17)12-3-8-18-11-13(12)19-9-6-15(7-10-19)4-1-2-5-15/h3,8,11H,1-2,4-7,9-10H2,(H3,16,17). The van der Waals surface area contributed by atoms with Gasteiger partial charge in [0.05, 0.1) is 11.9 Å². The molecule has 2 aliphatic rings.